The minimum atomic E-state index is 0.207. The van der Waals surface area contributed by atoms with Gasteiger partial charge in [0.15, 0.2) is 0 Å². The van der Waals surface area contributed by atoms with E-state index in [1.807, 2.05) is 0 Å². The number of rotatable bonds is 5. The molecule has 0 unspecified atom stereocenters. The molecule has 0 amide bonds. The number of hydrogen-bond donors (Lipinski definition) is 0. The lowest BCUT2D eigenvalue weighted by atomic mass is 9.61. The van der Waals surface area contributed by atoms with Crippen LogP contribution in [0.5, 0.6) is 0 Å². The zero-order valence-electron chi connectivity index (χ0n) is 18.5. The summed E-state index contributed by atoms with van der Waals surface area (Å²) in [6, 6.07) is 18.8. The van der Waals surface area contributed by atoms with Crippen LogP contribution >= 0.6 is 0 Å². The molecule has 0 radical (unpaired) electrons. The molecule has 0 aromatic heterocycles. The van der Waals surface area contributed by atoms with E-state index in [1.54, 1.807) is 0 Å². The van der Waals surface area contributed by atoms with Gasteiger partial charge in [-0.3, -0.25) is 0 Å². The van der Waals surface area contributed by atoms with Gasteiger partial charge >= 0.3 is 0 Å². The van der Waals surface area contributed by atoms with E-state index >= 15 is 0 Å². The molecular formula is C29H38. The van der Waals surface area contributed by atoms with Crippen LogP contribution in [0.15, 0.2) is 61.2 Å². The Labute approximate surface area is 178 Å². The maximum atomic E-state index is 4.01. The van der Waals surface area contributed by atoms with Crippen LogP contribution in [-0.2, 0) is 5.41 Å². The standard InChI is InChI=1S/C29H38/c1-4-24-9-11-25(12-10-24)21-26-17-19-29(20-18-26,27-13-5-22(2)6-14-27)28-15-7-23(3)8-16-28/h4-8,13-16,24-26H,1,9-12,17-21H2,2-3H3. The molecule has 2 saturated carbocycles. The highest BCUT2D eigenvalue weighted by atomic mass is 14.4. The Morgan fingerprint density at radius 3 is 1.62 bits per heavy atom. The first-order valence-corrected chi connectivity index (χ1v) is 11.9. The highest BCUT2D eigenvalue weighted by Gasteiger charge is 2.39. The molecule has 4 rings (SSSR count). The second kappa shape index (κ2) is 8.90. The fourth-order valence-corrected chi connectivity index (χ4v) is 6.03. The van der Waals surface area contributed by atoms with E-state index in [2.05, 4.69) is 75.0 Å². The molecule has 154 valence electrons. The first kappa shape index (κ1) is 20.5. The van der Waals surface area contributed by atoms with Crippen LogP contribution in [0.4, 0.5) is 0 Å². The number of allylic oxidation sites excluding steroid dienone is 1. The van der Waals surface area contributed by atoms with Gasteiger partial charge in [-0.1, -0.05) is 65.7 Å². The summed E-state index contributed by atoms with van der Waals surface area (Å²) in [5, 5.41) is 0. The molecule has 0 heteroatoms. The van der Waals surface area contributed by atoms with Crippen molar-refractivity contribution in [3.8, 4) is 0 Å². The smallest absolute Gasteiger partial charge is 0.0203 e. The van der Waals surface area contributed by atoms with Crippen LogP contribution in [0.1, 0.15) is 80.0 Å². The van der Waals surface area contributed by atoms with E-state index in [4.69, 9.17) is 0 Å². The van der Waals surface area contributed by atoms with Crippen LogP contribution in [-0.4, -0.2) is 0 Å². The monoisotopic (exact) mass is 386 g/mol. The normalized spacial score (nSPS) is 24.9. The van der Waals surface area contributed by atoms with Crippen molar-refractivity contribution in [3.63, 3.8) is 0 Å². The zero-order chi connectivity index (χ0) is 20.3. The maximum absolute atomic E-state index is 4.01. The number of benzene rings is 2. The van der Waals surface area contributed by atoms with Crippen LogP contribution < -0.4 is 0 Å². The molecule has 2 aliphatic carbocycles. The molecule has 2 fully saturated rings. The van der Waals surface area contributed by atoms with Crippen LogP contribution in [0, 0.1) is 31.6 Å². The summed E-state index contributed by atoms with van der Waals surface area (Å²) >= 11 is 0. The molecule has 2 aromatic rings. The summed E-state index contributed by atoms with van der Waals surface area (Å²) in [5.41, 5.74) is 5.97. The minimum absolute atomic E-state index is 0.207. The van der Waals surface area contributed by atoms with Crippen molar-refractivity contribution in [2.24, 2.45) is 17.8 Å². The maximum Gasteiger partial charge on any atom is 0.0203 e. The van der Waals surface area contributed by atoms with Crippen molar-refractivity contribution in [2.75, 3.05) is 0 Å². The molecular weight excluding hydrogens is 348 g/mol. The third-order valence-electron chi connectivity index (χ3n) is 8.06. The highest BCUT2D eigenvalue weighted by Crippen LogP contribution is 2.48. The highest BCUT2D eigenvalue weighted by molar-refractivity contribution is 5.41. The Balaban J connectivity index is 1.49. The van der Waals surface area contributed by atoms with Gasteiger partial charge in [-0.2, -0.15) is 0 Å². The van der Waals surface area contributed by atoms with Gasteiger partial charge in [0.1, 0.15) is 0 Å². The lowest BCUT2D eigenvalue weighted by molar-refractivity contribution is 0.197. The SMILES string of the molecule is C=CC1CCC(CC2CCC(c3ccc(C)cc3)(c3ccc(C)cc3)CC2)CC1. The summed E-state index contributed by atoms with van der Waals surface area (Å²) in [6.45, 7) is 8.40. The van der Waals surface area contributed by atoms with Crippen molar-refractivity contribution in [2.45, 2.75) is 77.0 Å². The van der Waals surface area contributed by atoms with Crippen LogP contribution in [0.25, 0.3) is 0 Å². The zero-order valence-corrected chi connectivity index (χ0v) is 18.5. The van der Waals surface area contributed by atoms with Gasteiger partial charge in [-0.15, -0.1) is 6.58 Å². The topological polar surface area (TPSA) is 0 Å². The van der Waals surface area contributed by atoms with E-state index in [1.165, 1.54) is 80.0 Å². The summed E-state index contributed by atoms with van der Waals surface area (Å²) in [7, 11) is 0. The summed E-state index contributed by atoms with van der Waals surface area (Å²) in [5.74, 6) is 2.67. The summed E-state index contributed by atoms with van der Waals surface area (Å²) < 4.78 is 0. The number of hydrogen-bond acceptors (Lipinski definition) is 0. The van der Waals surface area contributed by atoms with Crippen LogP contribution in [0.2, 0.25) is 0 Å². The Kier molecular flexibility index (Phi) is 6.28. The van der Waals surface area contributed by atoms with Gasteiger partial charge in [0, 0.05) is 5.41 Å². The quantitative estimate of drug-likeness (QED) is 0.455. The van der Waals surface area contributed by atoms with E-state index in [-0.39, 0.29) is 5.41 Å². The molecule has 0 aliphatic heterocycles. The lowest BCUT2D eigenvalue weighted by Gasteiger charge is -2.42. The second-order valence-electron chi connectivity index (χ2n) is 10.0. The Bertz CT molecular complexity index is 731. The molecule has 0 nitrogen and oxygen atoms in total. The predicted molar refractivity (Wildman–Crippen MR) is 125 cm³/mol. The lowest BCUT2D eigenvalue weighted by Crippen LogP contribution is -2.34. The first-order valence-electron chi connectivity index (χ1n) is 11.9. The molecule has 0 spiro atoms. The molecule has 0 saturated heterocycles. The van der Waals surface area contributed by atoms with E-state index < -0.39 is 0 Å². The van der Waals surface area contributed by atoms with Gasteiger partial charge < -0.3 is 0 Å². The predicted octanol–water partition coefficient (Wildman–Crippen LogP) is 8.16. The van der Waals surface area contributed by atoms with E-state index in [9.17, 15) is 0 Å². The Hall–Kier alpha value is -1.82. The Morgan fingerprint density at radius 1 is 0.724 bits per heavy atom. The van der Waals surface area contributed by atoms with Crippen molar-refractivity contribution in [1.82, 2.24) is 0 Å². The molecule has 0 N–H and O–H groups in total. The largest absolute Gasteiger partial charge is 0.103 e. The summed E-state index contributed by atoms with van der Waals surface area (Å²) in [6.07, 6.45) is 14.6. The minimum Gasteiger partial charge on any atom is -0.103 e. The molecule has 2 aliphatic rings. The average Bonchev–Trinajstić information content (AvgIpc) is 2.76. The molecule has 2 aromatic carbocycles. The fraction of sp³-hybridized carbons (Fsp3) is 0.517. The van der Waals surface area contributed by atoms with Gasteiger partial charge in [-0.25, -0.2) is 0 Å². The molecule has 0 heterocycles. The van der Waals surface area contributed by atoms with Crippen molar-refractivity contribution in [1.29, 1.82) is 0 Å². The molecule has 0 bridgehead atoms. The number of aryl methyl sites for hydroxylation is 2. The van der Waals surface area contributed by atoms with E-state index in [0.29, 0.717) is 0 Å². The van der Waals surface area contributed by atoms with Crippen molar-refractivity contribution < 1.29 is 0 Å². The van der Waals surface area contributed by atoms with Gasteiger partial charge in [0.2, 0.25) is 0 Å². The van der Waals surface area contributed by atoms with Crippen molar-refractivity contribution >= 4 is 0 Å². The van der Waals surface area contributed by atoms with Gasteiger partial charge in [0.05, 0.1) is 0 Å². The second-order valence-corrected chi connectivity index (χ2v) is 10.0. The third kappa shape index (κ3) is 4.52. The third-order valence-corrected chi connectivity index (χ3v) is 8.06. The van der Waals surface area contributed by atoms with Crippen molar-refractivity contribution in [3.05, 3.63) is 83.4 Å². The molecule has 0 atom stereocenters. The van der Waals surface area contributed by atoms with Crippen LogP contribution in [0.3, 0.4) is 0 Å². The average molecular weight is 387 g/mol. The van der Waals surface area contributed by atoms with E-state index in [0.717, 1.165) is 17.8 Å². The van der Waals surface area contributed by atoms with Gasteiger partial charge in [0.25, 0.3) is 0 Å². The Morgan fingerprint density at radius 2 is 1.17 bits per heavy atom. The summed E-state index contributed by atoms with van der Waals surface area (Å²) in [4.78, 5) is 0. The fourth-order valence-electron chi connectivity index (χ4n) is 6.03. The van der Waals surface area contributed by atoms with Gasteiger partial charge in [-0.05, 0) is 101 Å². The first-order chi connectivity index (χ1) is 14.1. The molecule has 29 heavy (non-hydrogen) atoms.